The molecule has 0 fully saturated rings. The Hall–Kier alpha value is -1.55. The minimum atomic E-state index is 0.929. The van der Waals surface area contributed by atoms with Gasteiger partial charge in [-0.2, -0.15) is 0 Å². The van der Waals surface area contributed by atoms with Gasteiger partial charge >= 0.3 is 0 Å². The minimum absolute atomic E-state index is 0.929. The lowest BCUT2D eigenvalue weighted by molar-refractivity contribution is 0.732. The molecule has 0 spiro atoms. The number of aromatic nitrogens is 1. The predicted octanol–water partition coefficient (Wildman–Crippen LogP) is 2.75. The van der Waals surface area contributed by atoms with Gasteiger partial charge in [0.25, 0.3) is 0 Å². The molecule has 4 heteroatoms. The van der Waals surface area contributed by atoms with Crippen molar-refractivity contribution >= 4 is 23.0 Å². The van der Waals surface area contributed by atoms with Crippen LogP contribution in [0.5, 0.6) is 0 Å². The average Bonchev–Trinajstić information content (AvgIpc) is 2.86. The topological polar surface area (TPSA) is 28.2 Å². The number of hydrogen-bond acceptors (Lipinski definition) is 4. The summed E-state index contributed by atoms with van der Waals surface area (Å²) in [5, 5.41) is 5.27. The molecule has 88 valence electrons. The van der Waals surface area contributed by atoms with Gasteiger partial charge in [-0.25, -0.2) is 4.98 Å². The van der Waals surface area contributed by atoms with Gasteiger partial charge in [-0.15, -0.1) is 11.3 Å². The number of rotatable bonds is 2. The van der Waals surface area contributed by atoms with Crippen LogP contribution in [-0.2, 0) is 13.0 Å². The molecule has 0 unspecified atom stereocenters. The Balaban J connectivity index is 1.86. The molecule has 3 nitrogen and oxygen atoms in total. The van der Waals surface area contributed by atoms with Gasteiger partial charge < -0.3 is 10.2 Å². The van der Waals surface area contributed by atoms with Gasteiger partial charge in [-0.1, -0.05) is 6.07 Å². The van der Waals surface area contributed by atoms with Crippen molar-refractivity contribution < 1.29 is 0 Å². The van der Waals surface area contributed by atoms with Crippen molar-refractivity contribution in [1.29, 1.82) is 0 Å². The fourth-order valence-corrected chi connectivity index (χ4v) is 3.07. The molecule has 0 saturated carbocycles. The maximum absolute atomic E-state index is 4.59. The molecule has 1 aliphatic heterocycles. The van der Waals surface area contributed by atoms with Crippen molar-refractivity contribution in [2.45, 2.75) is 13.0 Å². The van der Waals surface area contributed by atoms with Crippen LogP contribution in [0.1, 0.15) is 10.4 Å². The molecule has 0 saturated heterocycles. The second kappa shape index (κ2) is 4.37. The Labute approximate surface area is 105 Å². The highest BCUT2D eigenvalue weighted by atomic mass is 32.1. The number of anilines is 2. The van der Waals surface area contributed by atoms with E-state index < -0.39 is 0 Å². The van der Waals surface area contributed by atoms with Gasteiger partial charge in [-0.3, -0.25) is 0 Å². The van der Waals surface area contributed by atoms with Crippen LogP contribution < -0.4 is 10.2 Å². The van der Waals surface area contributed by atoms with Crippen molar-refractivity contribution in [2.75, 3.05) is 23.8 Å². The van der Waals surface area contributed by atoms with Gasteiger partial charge in [0.05, 0.1) is 0 Å². The van der Waals surface area contributed by atoms with Crippen LogP contribution in [0, 0.1) is 0 Å². The third-order valence-corrected chi connectivity index (χ3v) is 4.15. The van der Waals surface area contributed by atoms with Gasteiger partial charge in [-0.05, 0) is 35.6 Å². The van der Waals surface area contributed by atoms with Crippen molar-refractivity contribution in [3.63, 3.8) is 0 Å². The third kappa shape index (κ3) is 2.00. The first-order chi connectivity index (χ1) is 8.36. The second-order valence-electron chi connectivity index (χ2n) is 4.17. The number of nitrogens with zero attached hydrogens (tertiary/aromatic N) is 2. The molecule has 0 aliphatic carbocycles. The lowest BCUT2D eigenvalue weighted by atomic mass is 10.1. The Morgan fingerprint density at radius 3 is 3.18 bits per heavy atom. The Morgan fingerprint density at radius 2 is 2.29 bits per heavy atom. The first-order valence-corrected chi connectivity index (χ1v) is 6.70. The molecule has 2 aromatic rings. The van der Waals surface area contributed by atoms with Crippen molar-refractivity contribution in [1.82, 2.24) is 4.98 Å². The Bertz CT molecular complexity index is 521. The Kier molecular flexibility index (Phi) is 2.73. The van der Waals surface area contributed by atoms with Crippen molar-refractivity contribution in [3.05, 3.63) is 40.1 Å². The van der Waals surface area contributed by atoms with Crippen LogP contribution in [0.2, 0.25) is 0 Å². The summed E-state index contributed by atoms with van der Waals surface area (Å²) in [6.45, 7) is 2.05. The summed E-state index contributed by atoms with van der Waals surface area (Å²) in [7, 11) is 1.90. The fraction of sp³-hybridized carbons (Fsp3) is 0.308. The summed E-state index contributed by atoms with van der Waals surface area (Å²) in [6, 6.07) is 8.35. The van der Waals surface area contributed by atoms with E-state index in [-0.39, 0.29) is 0 Å². The van der Waals surface area contributed by atoms with E-state index in [0.29, 0.717) is 0 Å². The zero-order valence-electron chi connectivity index (χ0n) is 9.81. The highest BCUT2D eigenvalue weighted by Gasteiger charge is 2.18. The van der Waals surface area contributed by atoms with Crippen LogP contribution in [0.25, 0.3) is 0 Å². The van der Waals surface area contributed by atoms with E-state index in [1.807, 2.05) is 24.5 Å². The van der Waals surface area contributed by atoms with E-state index >= 15 is 0 Å². The van der Waals surface area contributed by atoms with Crippen LogP contribution in [0.3, 0.4) is 0 Å². The number of pyridine rings is 1. The molecular formula is C13H15N3S. The molecule has 0 atom stereocenters. The molecule has 2 aromatic heterocycles. The van der Waals surface area contributed by atoms with E-state index in [9.17, 15) is 0 Å². The summed E-state index contributed by atoms with van der Waals surface area (Å²) in [5.41, 5.74) is 1.46. The normalized spacial score (nSPS) is 14.5. The third-order valence-electron chi connectivity index (χ3n) is 3.12. The molecule has 3 heterocycles. The number of fused-ring (bicyclic) bond motifs is 1. The summed E-state index contributed by atoms with van der Waals surface area (Å²) in [5.74, 6) is 1.99. The van der Waals surface area contributed by atoms with E-state index in [4.69, 9.17) is 0 Å². The number of hydrogen-bond donors (Lipinski definition) is 1. The zero-order chi connectivity index (χ0) is 11.7. The van der Waals surface area contributed by atoms with Crippen LogP contribution >= 0.6 is 11.3 Å². The quantitative estimate of drug-likeness (QED) is 0.881. The summed E-state index contributed by atoms with van der Waals surface area (Å²) >= 11 is 1.87. The standard InChI is InChI=1S/C13H15N3S/c1-14-12-3-2-4-13(15-12)16-7-5-11-10(9-16)6-8-17-11/h2-4,6,8H,5,7,9H2,1H3,(H,14,15). The number of thiophene rings is 1. The predicted molar refractivity (Wildman–Crippen MR) is 72.9 cm³/mol. The van der Waals surface area contributed by atoms with Gasteiger partial charge in [0, 0.05) is 25.0 Å². The molecule has 17 heavy (non-hydrogen) atoms. The molecule has 0 amide bonds. The van der Waals surface area contributed by atoms with E-state index in [1.165, 1.54) is 10.4 Å². The number of nitrogens with one attached hydrogen (secondary N) is 1. The molecule has 0 radical (unpaired) electrons. The van der Waals surface area contributed by atoms with Crippen LogP contribution in [0.4, 0.5) is 11.6 Å². The first-order valence-electron chi connectivity index (χ1n) is 5.82. The minimum Gasteiger partial charge on any atom is -0.373 e. The highest BCUT2D eigenvalue weighted by molar-refractivity contribution is 7.10. The summed E-state index contributed by atoms with van der Waals surface area (Å²) in [6.07, 6.45) is 1.14. The van der Waals surface area contributed by atoms with Crippen molar-refractivity contribution in [3.8, 4) is 0 Å². The highest BCUT2D eigenvalue weighted by Crippen LogP contribution is 2.27. The van der Waals surface area contributed by atoms with Crippen LogP contribution in [0.15, 0.2) is 29.6 Å². The van der Waals surface area contributed by atoms with E-state index in [0.717, 1.165) is 31.1 Å². The summed E-state index contributed by atoms with van der Waals surface area (Å²) < 4.78 is 0. The average molecular weight is 245 g/mol. The maximum Gasteiger partial charge on any atom is 0.131 e. The van der Waals surface area contributed by atoms with E-state index in [1.54, 1.807) is 0 Å². The summed E-state index contributed by atoms with van der Waals surface area (Å²) in [4.78, 5) is 8.47. The van der Waals surface area contributed by atoms with Gasteiger partial charge in [0.1, 0.15) is 11.6 Å². The molecule has 0 bridgehead atoms. The van der Waals surface area contributed by atoms with Gasteiger partial charge in [0.15, 0.2) is 0 Å². The van der Waals surface area contributed by atoms with Gasteiger partial charge in [0.2, 0.25) is 0 Å². The fourth-order valence-electron chi connectivity index (χ4n) is 2.18. The first kappa shape index (κ1) is 10.6. The van der Waals surface area contributed by atoms with Crippen molar-refractivity contribution in [2.24, 2.45) is 0 Å². The zero-order valence-corrected chi connectivity index (χ0v) is 10.6. The largest absolute Gasteiger partial charge is 0.373 e. The SMILES string of the molecule is CNc1cccc(N2CCc3sccc3C2)n1. The van der Waals surface area contributed by atoms with Crippen LogP contribution in [-0.4, -0.2) is 18.6 Å². The molecule has 1 N–H and O–H groups in total. The second-order valence-corrected chi connectivity index (χ2v) is 5.17. The smallest absolute Gasteiger partial charge is 0.131 e. The molecular weight excluding hydrogens is 230 g/mol. The maximum atomic E-state index is 4.59. The molecule has 1 aliphatic rings. The van der Waals surface area contributed by atoms with E-state index in [2.05, 4.69) is 38.8 Å². The molecule has 3 rings (SSSR count). The lowest BCUT2D eigenvalue weighted by Gasteiger charge is -2.28. The monoisotopic (exact) mass is 245 g/mol. The molecule has 0 aromatic carbocycles. The lowest BCUT2D eigenvalue weighted by Crippen LogP contribution is -2.30. The Morgan fingerprint density at radius 1 is 1.35 bits per heavy atom.